The van der Waals surface area contributed by atoms with Gasteiger partial charge in [0.25, 0.3) is 10.1 Å². The van der Waals surface area contributed by atoms with E-state index in [9.17, 15) is 13.5 Å². The Labute approximate surface area is 93.9 Å². The van der Waals surface area contributed by atoms with Gasteiger partial charge in [-0.3, -0.25) is 4.55 Å². The zero-order chi connectivity index (χ0) is 11.9. The van der Waals surface area contributed by atoms with E-state index in [1.165, 1.54) is 6.07 Å². The Morgan fingerprint density at radius 3 is 2.75 bits per heavy atom. The van der Waals surface area contributed by atoms with Gasteiger partial charge in [-0.1, -0.05) is 6.92 Å². The molecule has 0 aliphatic carbocycles. The molecule has 3 N–H and O–H groups in total. The molecule has 1 atom stereocenters. The Hall–Kier alpha value is -1.27. The van der Waals surface area contributed by atoms with Gasteiger partial charge in [0.2, 0.25) is 0 Å². The summed E-state index contributed by atoms with van der Waals surface area (Å²) >= 11 is 0. The standard InChI is InChI=1S/C10H13NO4S/c1-6-2-7-3-8(12)4-9(16(13,14)15)10(7)11-5-6/h3-4,6,11-12H,2,5H2,1H3,(H,13,14,15)/t6-/m0/s1. The van der Waals surface area contributed by atoms with Crippen LogP contribution >= 0.6 is 0 Å². The molecule has 0 unspecified atom stereocenters. The third-order valence-corrected chi connectivity index (χ3v) is 3.52. The average Bonchev–Trinajstić information content (AvgIpc) is 2.14. The highest BCUT2D eigenvalue weighted by Crippen LogP contribution is 2.34. The van der Waals surface area contributed by atoms with Crippen molar-refractivity contribution in [2.45, 2.75) is 18.2 Å². The summed E-state index contributed by atoms with van der Waals surface area (Å²) in [6.45, 7) is 2.67. The molecule has 0 fully saturated rings. The first-order valence-corrected chi connectivity index (χ1v) is 6.39. The minimum absolute atomic E-state index is 0.151. The van der Waals surface area contributed by atoms with E-state index < -0.39 is 10.1 Å². The van der Waals surface area contributed by atoms with Crippen LogP contribution < -0.4 is 5.32 Å². The number of fused-ring (bicyclic) bond motifs is 1. The second-order valence-corrected chi connectivity index (χ2v) is 5.53. The van der Waals surface area contributed by atoms with Crippen molar-refractivity contribution in [1.29, 1.82) is 0 Å². The van der Waals surface area contributed by atoms with E-state index >= 15 is 0 Å². The molecule has 1 aliphatic heterocycles. The highest BCUT2D eigenvalue weighted by atomic mass is 32.2. The van der Waals surface area contributed by atoms with Gasteiger partial charge in [0.1, 0.15) is 10.6 Å². The zero-order valence-corrected chi connectivity index (χ0v) is 9.58. The summed E-state index contributed by atoms with van der Waals surface area (Å²) in [5.41, 5.74) is 1.12. The van der Waals surface area contributed by atoms with Gasteiger partial charge < -0.3 is 10.4 Å². The van der Waals surface area contributed by atoms with E-state index in [4.69, 9.17) is 4.55 Å². The number of phenolic OH excluding ortho intramolecular Hbond substituents is 1. The van der Waals surface area contributed by atoms with Gasteiger partial charge in [0, 0.05) is 12.6 Å². The lowest BCUT2D eigenvalue weighted by Gasteiger charge is -2.25. The number of benzene rings is 1. The van der Waals surface area contributed by atoms with Gasteiger partial charge in [0.15, 0.2) is 0 Å². The summed E-state index contributed by atoms with van der Waals surface area (Å²) < 4.78 is 31.3. The first-order chi connectivity index (χ1) is 7.38. The van der Waals surface area contributed by atoms with Crippen molar-refractivity contribution in [2.75, 3.05) is 11.9 Å². The number of aromatic hydroxyl groups is 1. The van der Waals surface area contributed by atoms with Crippen molar-refractivity contribution in [3.05, 3.63) is 17.7 Å². The molecular formula is C10H13NO4S. The molecule has 5 nitrogen and oxygen atoms in total. The van der Waals surface area contributed by atoms with Crippen LogP contribution in [0.15, 0.2) is 17.0 Å². The van der Waals surface area contributed by atoms with E-state index in [1.54, 1.807) is 0 Å². The first kappa shape index (κ1) is 11.2. The van der Waals surface area contributed by atoms with Crippen molar-refractivity contribution in [3.8, 4) is 5.75 Å². The summed E-state index contributed by atoms with van der Waals surface area (Å²) in [6.07, 6.45) is 0.680. The van der Waals surface area contributed by atoms with Crippen LogP contribution in [-0.2, 0) is 16.5 Å². The molecule has 88 valence electrons. The van der Waals surface area contributed by atoms with Crippen LogP contribution in [-0.4, -0.2) is 24.6 Å². The van der Waals surface area contributed by atoms with E-state index in [2.05, 4.69) is 5.32 Å². The summed E-state index contributed by atoms with van der Waals surface area (Å²) in [7, 11) is -4.31. The predicted molar refractivity (Wildman–Crippen MR) is 59.3 cm³/mol. The highest BCUT2D eigenvalue weighted by molar-refractivity contribution is 7.86. The van der Waals surface area contributed by atoms with Gasteiger partial charge in [-0.25, -0.2) is 0 Å². The second-order valence-electron chi connectivity index (χ2n) is 4.14. The Bertz CT molecular complexity index is 524. The van der Waals surface area contributed by atoms with Crippen LogP contribution in [0.1, 0.15) is 12.5 Å². The molecule has 0 bridgehead atoms. The smallest absolute Gasteiger partial charge is 0.296 e. The van der Waals surface area contributed by atoms with Crippen LogP contribution in [0.3, 0.4) is 0 Å². The van der Waals surface area contributed by atoms with Gasteiger partial charge in [-0.15, -0.1) is 0 Å². The molecule has 0 saturated heterocycles. The van der Waals surface area contributed by atoms with Crippen molar-refractivity contribution in [3.63, 3.8) is 0 Å². The Morgan fingerprint density at radius 1 is 1.44 bits per heavy atom. The fourth-order valence-corrected chi connectivity index (χ4v) is 2.68. The number of rotatable bonds is 1. The molecule has 2 rings (SSSR count). The third-order valence-electron chi connectivity index (χ3n) is 2.64. The summed E-state index contributed by atoms with van der Waals surface area (Å²) in [5, 5.41) is 12.4. The van der Waals surface area contributed by atoms with Gasteiger partial charge in [0.05, 0.1) is 5.69 Å². The van der Waals surface area contributed by atoms with Crippen LogP contribution in [0.4, 0.5) is 5.69 Å². The molecule has 1 aromatic carbocycles. The lowest BCUT2D eigenvalue weighted by molar-refractivity contribution is 0.463. The quantitative estimate of drug-likeness (QED) is 0.510. The minimum Gasteiger partial charge on any atom is -0.508 e. The van der Waals surface area contributed by atoms with Crippen molar-refractivity contribution >= 4 is 15.8 Å². The van der Waals surface area contributed by atoms with Crippen molar-refractivity contribution < 1.29 is 18.1 Å². The monoisotopic (exact) mass is 243 g/mol. The van der Waals surface area contributed by atoms with Gasteiger partial charge in [-0.2, -0.15) is 8.42 Å². The molecule has 0 saturated carbocycles. The number of nitrogens with one attached hydrogen (secondary N) is 1. The fraction of sp³-hybridized carbons (Fsp3) is 0.400. The minimum atomic E-state index is -4.31. The summed E-state index contributed by atoms with van der Waals surface area (Å²) in [4.78, 5) is -0.255. The fourth-order valence-electron chi connectivity index (χ4n) is 1.95. The zero-order valence-electron chi connectivity index (χ0n) is 8.77. The maximum atomic E-state index is 11.1. The molecule has 0 amide bonds. The third kappa shape index (κ3) is 1.98. The molecule has 16 heavy (non-hydrogen) atoms. The Kier molecular flexibility index (Phi) is 2.55. The normalized spacial score (nSPS) is 20.0. The van der Waals surface area contributed by atoms with Crippen molar-refractivity contribution in [1.82, 2.24) is 0 Å². The number of phenols is 1. The van der Waals surface area contributed by atoms with Crippen LogP contribution in [0.2, 0.25) is 0 Å². The molecule has 1 aromatic rings. The summed E-state index contributed by atoms with van der Waals surface area (Å²) in [5.74, 6) is 0.214. The number of hydrogen-bond acceptors (Lipinski definition) is 4. The number of hydrogen-bond donors (Lipinski definition) is 3. The highest BCUT2D eigenvalue weighted by Gasteiger charge is 2.24. The molecular weight excluding hydrogens is 230 g/mol. The summed E-state index contributed by atoms with van der Waals surface area (Å²) in [6, 6.07) is 2.57. The van der Waals surface area contributed by atoms with E-state index in [0.717, 1.165) is 6.07 Å². The topological polar surface area (TPSA) is 86.6 Å². The molecule has 0 aromatic heterocycles. The first-order valence-electron chi connectivity index (χ1n) is 4.95. The van der Waals surface area contributed by atoms with Gasteiger partial charge in [-0.05, 0) is 24.0 Å². The Morgan fingerprint density at radius 2 is 2.12 bits per heavy atom. The average molecular weight is 243 g/mol. The lowest BCUT2D eigenvalue weighted by Crippen LogP contribution is -2.22. The SMILES string of the molecule is C[C@@H]1CNc2c(cc(O)cc2S(=O)(=O)O)C1. The molecule has 0 radical (unpaired) electrons. The predicted octanol–water partition coefficient (Wildman–Crippen LogP) is 1.24. The lowest BCUT2D eigenvalue weighted by atomic mass is 9.95. The van der Waals surface area contributed by atoms with Gasteiger partial charge >= 0.3 is 0 Å². The van der Waals surface area contributed by atoms with E-state index in [1.807, 2.05) is 6.92 Å². The van der Waals surface area contributed by atoms with Crippen LogP contribution in [0.5, 0.6) is 5.75 Å². The van der Waals surface area contributed by atoms with Crippen LogP contribution in [0, 0.1) is 5.92 Å². The maximum absolute atomic E-state index is 11.1. The molecule has 1 aliphatic rings. The second kappa shape index (κ2) is 3.64. The van der Waals surface area contributed by atoms with Crippen molar-refractivity contribution in [2.24, 2.45) is 5.92 Å². The Balaban J connectivity index is 2.64. The largest absolute Gasteiger partial charge is 0.508 e. The number of anilines is 1. The molecule has 0 spiro atoms. The maximum Gasteiger partial charge on any atom is 0.296 e. The molecule has 6 heteroatoms. The molecule has 1 heterocycles. The van der Waals surface area contributed by atoms with E-state index in [0.29, 0.717) is 30.1 Å². The van der Waals surface area contributed by atoms with Crippen LogP contribution in [0.25, 0.3) is 0 Å². The van der Waals surface area contributed by atoms with E-state index in [-0.39, 0.29) is 10.6 Å².